The second-order valence-corrected chi connectivity index (χ2v) is 5.15. The monoisotopic (exact) mass is 333 g/mol. The number of phenolic OH excluding ortho intramolecular Hbond substituents is 1. The van der Waals surface area contributed by atoms with Crippen molar-refractivity contribution in [3.05, 3.63) is 53.6 Å². The van der Waals surface area contributed by atoms with Gasteiger partial charge in [-0.1, -0.05) is 17.7 Å². The van der Waals surface area contributed by atoms with Crippen LogP contribution in [-0.2, 0) is 0 Å². The first-order chi connectivity index (χ1) is 10.6. The van der Waals surface area contributed by atoms with E-state index >= 15 is 0 Å². The molecule has 0 saturated carbocycles. The zero-order valence-corrected chi connectivity index (χ0v) is 14.6. The number of anilines is 2. The van der Waals surface area contributed by atoms with Gasteiger partial charge in [-0.15, -0.1) is 12.4 Å². The number of benzene rings is 2. The fraction of sp³-hybridized carbons (Fsp3) is 0.278. The quantitative estimate of drug-likeness (QED) is 0.608. The van der Waals surface area contributed by atoms with E-state index < -0.39 is 0 Å². The third-order valence-electron chi connectivity index (χ3n) is 3.59. The summed E-state index contributed by atoms with van der Waals surface area (Å²) in [5.74, 6) is 0.235. The highest BCUT2D eigenvalue weighted by molar-refractivity contribution is 5.85. The number of phenols is 1. The highest BCUT2D eigenvalue weighted by atomic mass is 35.5. The van der Waals surface area contributed by atoms with E-state index in [0.29, 0.717) is 5.56 Å². The number of nitrogens with one attached hydrogen (secondary N) is 1. The van der Waals surface area contributed by atoms with Gasteiger partial charge in [-0.05, 0) is 45.0 Å². The molecular weight excluding hydrogens is 310 g/mol. The molecule has 124 valence electrons. The van der Waals surface area contributed by atoms with E-state index in [1.165, 1.54) is 5.56 Å². The average molecular weight is 334 g/mol. The fourth-order valence-corrected chi connectivity index (χ4v) is 2.23. The lowest BCUT2D eigenvalue weighted by Gasteiger charge is -2.21. The van der Waals surface area contributed by atoms with E-state index in [-0.39, 0.29) is 18.2 Å². The summed E-state index contributed by atoms with van der Waals surface area (Å²) in [5.41, 5.74) is 6.79. The Morgan fingerprint density at radius 1 is 1.09 bits per heavy atom. The van der Waals surface area contributed by atoms with Gasteiger partial charge in [0.2, 0.25) is 0 Å². The standard InChI is InChI=1S/C18H23N3O.ClH/c1-4-21(5-2)17-11-8-15(18(22)12-17)13-19-20-16-9-6-14(3)7-10-16;/h6-13,20,22H,4-5H2,1-3H3;1H. The summed E-state index contributed by atoms with van der Waals surface area (Å²) in [5, 5.41) is 14.3. The fourth-order valence-electron chi connectivity index (χ4n) is 2.23. The molecule has 0 bridgehead atoms. The number of hydrogen-bond donors (Lipinski definition) is 2. The van der Waals surface area contributed by atoms with Gasteiger partial charge in [0.1, 0.15) is 5.75 Å². The molecule has 5 heteroatoms. The molecular formula is C18H24ClN3O. The van der Waals surface area contributed by atoms with Crippen LogP contribution in [0.25, 0.3) is 0 Å². The molecule has 2 rings (SSSR count). The normalized spacial score (nSPS) is 10.4. The van der Waals surface area contributed by atoms with Gasteiger partial charge in [-0.3, -0.25) is 5.43 Å². The molecule has 0 aliphatic carbocycles. The Hall–Kier alpha value is -2.20. The topological polar surface area (TPSA) is 47.9 Å². The van der Waals surface area contributed by atoms with Crippen LogP contribution in [-0.4, -0.2) is 24.4 Å². The molecule has 0 atom stereocenters. The van der Waals surface area contributed by atoms with Crippen molar-refractivity contribution >= 4 is 30.0 Å². The summed E-state index contributed by atoms with van der Waals surface area (Å²) in [6, 6.07) is 13.6. The van der Waals surface area contributed by atoms with Crippen molar-refractivity contribution in [1.82, 2.24) is 0 Å². The van der Waals surface area contributed by atoms with Crippen molar-refractivity contribution in [2.24, 2.45) is 5.10 Å². The summed E-state index contributed by atoms with van der Waals surface area (Å²) < 4.78 is 0. The van der Waals surface area contributed by atoms with Crippen molar-refractivity contribution in [2.75, 3.05) is 23.4 Å². The third kappa shape index (κ3) is 5.18. The maximum Gasteiger partial charge on any atom is 0.126 e. The van der Waals surface area contributed by atoms with Crippen LogP contribution in [0.2, 0.25) is 0 Å². The molecule has 0 aliphatic rings. The maximum atomic E-state index is 10.1. The first-order valence-corrected chi connectivity index (χ1v) is 7.57. The van der Waals surface area contributed by atoms with Gasteiger partial charge < -0.3 is 10.0 Å². The minimum absolute atomic E-state index is 0. The number of hydrazone groups is 1. The van der Waals surface area contributed by atoms with Crippen molar-refractivity contribution in [1.29, 1.82) is 0 Å². The number of nitrogens with zero attached hydrogens (tertiary/aromatic N) is 2. The Kier molecular flexibility index (Phi) is 7.42. The summed E-state index contributed by atoms with van der Waals surface area (Å²) in [4.78, 5) is 2.19. The minimum Gasteiger partial charge on any atom is -0.507 e. The second kappa shape index (κ2) is 9.06. The Labute approximate surface area is 144 Å². The number of rotatable bonds is 6. The molecule has 0 aliphatic heterocycles. The van der Waals surface area contributed by atoms with Crippen molar-refractivity contribution in [3.8, 4) is 5.75 Å². The third-order valence-corrected chi connectivity index (χ3v) is 3.59. The lowest BCUT2D eigenvalue weighted by atomic mass is 10.2. The first kappa shape index (κ1) is 18.8. The molecule has 0 radical (unpaired) electrons. The van der Waals surface area contributed by atoms with Crippen LogP contribution in [0.5, 0.6) is 5.75 Å². The van der Waals surface area contributed by atoms with Crippen LogP contribution in [0, 0.1) is 6.92 Å². The Morgan fingerprint density at radius 3 is 2.30 bits per heavy atom. The molecule has 0 spiro atoms. The molecule has 0 fully saturated rings. The van der Waals surface area contributed by atoms with Crippen LogP contribution < -0.4 is 10.3 Å². The molecule has 0 unspecified atom stereocenters. The molecule has 0 aromatic heterocycles. The Balaban J connectivity index is 0.00000264. The number of hydrogen-bond acceptors (Lipinski definition) is 4. The van der Waals surface area contributed by atoms with E-state index in [4.69, 9.17) is 0 Å². The first-order valence-electron chi connectivity index (χ1n) is 7.57. The van der Waals surface area contributed by atoms with Gasteiger partial charge in [0.15, 0.2) is 0 Å². The van der Waals surface area contributed by atoms with Crippen LogP contribution in [0.15, 0.2) is 47.6 Å². The van der Waals surface area contributed by atoms with Gasteiger partial charge in [-0.2, -0.15) is 5.10 Å². The Bertz CT molecular complexity index is 637. The van der Waals surface area contributed by atoms with Gasteiger partial charge in [0, 0.05) is 30.4 Å². The van der Waals surface area contributed by atoms with Crippen LogP contribution in [0.4, 0.5) is 11.4 Å². The summed E-state index contributed by atoms with van der Waals surface area (Å²) >= 11 is 0. The highest BCUT2D eigenvalue weighted by Gasteiger charge is 2.05. The lowest BCUT2D eigenvalue weighted by molar-refractivity contribution is 0.474. The van der Waals surface area contributed by atoms with E-state index in [1.54, 1.807) is 12.3 Å². The van der Waals surface area contributed by atoms with Gasteiger partial charge in [0.05, 0.1) is 11.9 Å². The van der Waals surface area contributed by atoms with E-state index in [9.17, 15) is 5.11 Å². The predicted molar refractivity (Wildman–Crippen MR) is 101 cm³/mol. The van der Waals surface area contributed by atoms with Gasteiger partial charge in [-0.25, -0.2) is 0 Å². The highest BCUT2D eigenvalue weighted by Crippen LogP contribution is 2.23. The van der Waals surface area contributed by atoms with Crippen LogP contribution >= 0.6 is 12.4 Å². The van der Waals surface area contributed by atoms with Crippen molar-refractivity contribution in [3.63, 3.8) is 0 Å². The number of aromatic hydroxyl groups is 1. The van der Waals surface area contributed by atoms with Gasteiger partial charge >= 0.3 is 0 Å². The van der Waals surface area contributed by atoms with Crippen molar-refractivity contribution < 1.29 is 5.11 Å². The molecule has 0 saturated heterocycles. The molecule has 2 aromatic carbocycles. The van der Waals surface area contributed by atoms with E-state index in [0.717, 1.165) is 24.5 Å². The molecule has 2 aromatic rings. The minimum atomic E-state index is 0. The molecule has 2 N–H and O–H groups in total. The maximum absolute atomic E-state index is 10.1. The van der Waals surface area contributed by atoms with E-state index in [1.807, 2.05) is 43.3 Å². The Morgan fingerprint density at radius 2 is 1.74 bits per heavy atom. The molecule has 0 amide bonds. The summed E-state index contributed by atoms with van der Waals surface area (Å²) in [6.07, 6.45) is 1.63. The summed E-state index contributed by atoms with van der Waals surface area (Å²) in [6.45, 7) is 8.07. The van der Waals surface area contributed by atoms with Crippen molar-refractivity contribution in [2.45, 2.75) is 20.8 Å². The molecule has 0 heterocycles. The molecule has 23 heavy (non-hydrogen) atoms. The average Bonchev–Trinajstić information content (AvgIpc) is 2.52. The van der Waals surface area contributed by atoms with Crippen LogP contribution in [0.1, 0.15) is 25.0 Å². The zero-order valence-electron chi connectivity index (χ0n) is 13.8. The van der Waals surface area contributed by atoms with E-state index in [2.05, 4.69) is 29.3 Å². The zero-order chi connectivity index (χ0) is 15.9. The largest absolute Gasteiger partial charge is 0.507 e. The smallest absolute Gasteiger partial charge is 0.126 e. The number of halogens is 1. The summed E-state index contributed by atoms with van der Waals surface area (Å²) in [7, 11) is 0. The SMILES string of the molecule is CCN(CC)c1ccc(C=NNc2ccc(C)cc2)c(O)c1.Cl. The lowest BCUT2D eigenvalue weighted by Crippen LogP contribution is -2.21. The molecule has 4 nitrogen and oxygen atoms in total. The predicted octanol–water partition coefficient (Wildman–Crippen LogP) is 4.41. The number of aryl methyl sites for hydroxylation is 1. The van der Waals surface area contributed by atoms with Gasteiger partial charge in [0.25, 0.3) is 0 Å². The second-order valence-electron chi connectivity index (χ2n) is 5.15. The van der Waals surface area contributed by atoms with Crippen LogP contribution in [0.3, 0.4) is 0 Å².